The second-order valence-corrected chi connectivity index (χ2v) is 10.9. The lowest BCUT2D eigenvalue weighted by atomic mass is 9.60. The average Bonchev–Trinajstić information content (AvgIpc) is 3.21. The first kappa shape index (κ1) is 18.6. The Kier molecular flexibility index (Phi) is 5.30. The fraction of sp³-hybridized carbons (Fsp3) is 0.750. The quantitative estimate of drug-likeness (QED) is 0.707. The molecule has 2 aliphatic carbocycles. The van der Waals surface area contributed by atoms with Gasteiger partial charge in [0.25, 0.3) is 0 Å². The van der Waals surface area contributed by atoms with E-state index in [0.717, 1.165) is 24.8 Å². The second kappa shape index (κ2) is 6.85. The number of Topliss-reactive ketones (excluding diaryl/α,β-unsaturated/α-hetero) is 1. The lowest BCUT2D eigenvalue weighted by Crippen LogP contribution is -2.46. The smallest absolute Gasteiger partial charge is 0.159 e. The van der Waals surface area contributed by atoms with Gasteiger partial charge in [0.2, 0.25) is 0 Å². The van der Waals surface area contributed by atoms with E-state index in [9.17, 15) is 9.90 Å². The summed E-state index contributed by atoms with van der Waals surface area (Å²) in [7, 11) is 0. The minimum Gasteiger partial charge on any atom is -0.392 e. The number of aliphatic hydroxyl groups is 1. The van der Waals surface area contributed by atoms with Crippen molar-refractivity contribution in [1.82, 2.24) is 0 Å². The molecule has 1 N–H and O–H groups in total. The lowest BCUT2D eigenvalue weighted by Gasteiger charge is -2.47. The van der Waals surface area contributed by atoms with Gasteiger partial charge in [-0.05, 0) is 31.6 Å². The molecule has 0 aromatic heterocycles. The van der Waals surface area contributed by atoms with Crippen molar-refractivity contribution < 1.29 is 9.90 Å². The molecule has 0 aromatic carbocycles. The van der Waals surface area contributed by atoms with Crippen LogP contribution >= 0.6 is 23.5 Å². The molecule has 0 aromatic rings. The number of hydrogen-bond acceptors (Lipinski definition) is 4. The maximum Gasteiger partial charge on any atom is 0.159 e. The molecule has 1 saturated heterocycles. The van der Waals surface area contributed by atoms with Crippen molar-refractivity contribution >= 4 is 29.3 Å². The Labute approximate surface area is 154 Å². The Morgan fingerprint density at radius 2 is 2.04 bits per heavy atom. The van der Waals surface area contributed by atoms with Crippen molar-refractivity contribution in [2.75, 3.05) is 11.5 Å². The van der Waals surface area contributed by atoms with Crippen LogP contribution < -0.4 is 0 Å². The van der Waals surface area contributed by atoms with E-state index in [1.165, 1.54) is 17.1 Å². The summed E-state index contributed by atoms with van der Waals surface area (Å²) in [5, 5.41) is 11.3. The summed E-state index contributed by atoms with van der Waals surface area (Å²) in [6.45, 7) is 10.7. The van der Waals surface area contributed by atoms with E-state index in [-0.39, 0.29) is 11.2 Å². The molecule has 0 radical (unpaired) electrons. The number of hydrogen-bond donors (Lipinski definition) is 1. The monoisotopic (exact) mass is 366 g/mol. The molecule has 4 heteroatoms. The van der Waals surface area contributed by atoms with E-state index >= 15 is 0 Å². The Morgan fingerprint density at radius 3 is 2.67 bits per heavy atom. The summed E-state index contributed by atoms with van der Waals surface area (Å²) >= 11 is 3.97. The van der Waals surface area contributed by atoms with Gasteiger partial charge in [0, 0.05) is 34.3 Å². The third-order valence-corrected chi connectivity index (χ3v) is 10.3. The lowest BCUT2D eigenvalue weighted by molar-refractivity contribution is -0.118. The van der Waals surface area contributed by atoms with Gasteiger partial charge >= 0.3 is 0 Å². The number of thioether (sulfide) groups is 2. The van der Waals surface area contributed by atoms with Crippen molar-refractivity contribution in [3.8, 4) is 0 Å². The second-order valence-electron chi connectivity index (χ2n) is 8.13. The fourth-order valence-corrected chi connectivity index (χ4v) is 8.03. The molecule has 0 amide bonds. The van der Waals surface area contributed by atoms with E-state index in [1.807, 2.05) is 29.6 Å². The molecule has 0 saturated carbocycles. The van der Waals surface area contributed by atoms with Crippen molar-refractivity contribution in [2.45, 2.75) is 63.6 Å². The highest BCUT2D eigenvalue weighted by Gasteiger charge is 2.51. The SMILES string of the molecule is C=C[C@](C)(C[C@@H](O)[C@]1(C)C2=C(CCC2=O)CC[C@H]1C)C1SCCS1. The van der Waals surface area contributed by atoms with Crippen LogP contribution in [-0.2, 0) is 4.79 Å². The zero-order chi connectivity index (χ0) is 17.5. The van der Waals surface area contributed by atoms with E-state index in [1.54, 1.807) is 0 Å². The number of aliphatic hydroxyl groups excluding tert-OH is 1. The Morgan fingerprint density at radius 1 is 1.38 bits per heavy atom. The van der Waals surface area contributed by atoms with E-state index in [0.29, 0.717) is 23.3 Å². The molecule has 4 atom stereocenters. The summed E-state index contributed by atoms with van der Waals surface area (Å²) in [4.78, 5) is 12.6. The van der Waals surface area contributed by atoms with Crippen molar-refractivity contribution in [1.29, 1.82) is 0 Å². The number of ketones is 1. The normalized spacial score (nSPS) is 35.0. The molecule has 3 aliphatic rings. The van der Waals surface area contributed by atoms with Gasteiger partial charge in [0.05, 0.1) is 10.7 Å². The highest BCUT2D eigenvalue weighted by atomic mass is 32.2. The van der Waals surface area contributed by atoms with Crippen LogP contribution in [0.2, 0.25) is 0 Å². The number of allylic oxidation sites excluding steroid dienone is 2. The Bertz CT molecular complexity index is 564. The first-order valence-corrected chi connectivity index (χ1v) is 11.2. The first-order valence-electron chi connectivity index (χ1n) is 9.13. The predicted octanol–water partition coefficient (Wildman–Crippen LogP) is 4.83. The summed E-state index contributed by atoms with van der Waals surface area (Å²) in [6.07, 6.45) is 5.91. The van der Waals surface area contributed by atoms with Gasteiger partial charge in [-0.1, -0.05) is 32.4 Å². The summed E-state index contributed by atoms with van der Waals surface area (Å²) < 4.78 is 0.458. The molecule has 24 heavy (non-hydrogen) atoms. The largest absolute Gasteiger partial charge is 0.392 e. The van der Waals surface area contributed by atoms with Gasteiger partial charge in [-0.25, -0.2) is 0 Å². The van der Waals surface area contributed by atoms with Crippen LogP contribution in [0.15, 0.2) is 23.8 Å². The van der Waals surface area contributed by atoms with Gasteiger partial charge in [0.15, 0.2) is 5.78 Å². The maximum absolute atomic E-state index is 12.6. The standard InChI is InChI=1S/C20H30O2S2/c1-5-19(3,18-23-10-11-24-18)12-16(22)20(4)13(2)6-7-14-8-9-15(21)17(14)20/h5,13,16,18,22H,1,6-12H2,2-4H3/t13-,16-,19-,20-/m1/s1. The number of carbonyl (C=O) groups excluding carboxylic acids is 1. The molecule has 0 unspecified atom stereocenters. The van der Waals surface area contributed by atoms with Crippen LogP contribution in [0.25, 0.3) is 0 Å². The summed E-state index contributed by atoms with van der Waals surface area (Å²) in [6, 6.07) is 0. The van der Waals surface area contributed by atoms with Gasteiger partial charge in [-0.3, -0.25) is 4.79 Å². The minimum atomic E-state index is -0.496. The Balaban J connectivity index is 1.89. The summed E-state index contributed by atoms with van der Waals surface area (Å²) in [5.41, 5.74) is 1.80. The molecular weight excluding hydrogens is 336 g/mol. The predicted molar refractivity (Wildman–Crippen MR) is 105 cm³/mol. The number of rotatable bonds is 5. The van der Waals surface area contributed by atoms with Crippen LogP contribution in [0.4, 0.5) is 0 Å². The molecule has 3 rings (SSSR count). The van der Waals surface area contributed by atoms with Crippen molar-refractivity contribution in [2.24, 2.45) is 16.7 Å². The number of carbonyl (C=O) groups is 1. The Hall–Kier alpha value is -0.190. The maximum atomic E-state index is 12.6. The first-order chi connectivity index (χ1) is 11.3. The van der Waals surface area contributed by atoms with Gasteiger partial charge in [-0.15, -0.1) is 30.1 Å². The molecule has 1 aliphatic heterocycles. The molecule has 1 fully saturated rings. The van der Waals surface area contributed by atoms with Crippen LogP contribution in [-0.4, -0.2) is 33.1 Å². The highest BCUT2D eigenvalue weighted by Crippen LogP contribution is 2.55. The topological polar surface area (TPSA) is 37.3 Å². The third-order valence-electron chi connectivity index (χ3n) is 6.68. The zero-order valence-electron chi connectivity index (χ0n) is 15.1. The summed E-state index contributed by atoms with van der Waals surface area (Å²) in [5.74, 6) is 2.97. The van der Waals surface area contributed by atoms with Crippen LogP contribution in [0, 0.1) is 16.7 Å². The van der Waals surface area contributed by atoms with Crippen LogP contribution in [0.5, 0.6) is 0 Å². The van der Waals surface area contributed by atoms with Gasteiger partial charge in [-0.2, -0.15) is 0 Å². The van der Waals surface area contributed by atoms with E-state index in [2.05, 4.69) is 27.4 Å². The molecular formula is C20H30O2S2. The third kappa shape index (κ3) is 2.93. The van der Waals surface area contributed by atoms with Crippen molar-refractivity contribution in [3.05, 3.63) is 23.8 Å². The minimum absolute atomic E-state index is 0.103. The van der Waals surface area contributed by atoms with Gasteiger partial charge in [0.1, 0.15) is 0 Å². The van der Waals surface area contributed by atoms with Gasteiger partial charge < -0.3 is 5.11 Å². The molecule has 0 spiro atoms. The molecule has 134 valence electrons. The highest BCUT2D eigenvalue weighted by molar-refractivity contribution is 8.20. The molecule has 2 nitrogen and oxygen atoms in total. The van der Waals surface area contributed by atoms with E-state index < -0.39 is 11.5 Å². The van der Waals surface area contributed by atoms with Crippen molar-refractivity contribution in [3.63, 3.8) is 0 Å². The molecule has 0 bridgehead atoms. The molecule has 1 heterocycles. The average molecular weight is 367 g/mol. The van der Waals surface area contributed by atoms with Crippen LogP contribution in [0.3, 0.4) is 0 Å². The fourth-order valence-electron chi connectivity index (χ4n) is 4.72. The van der Waals surface area contributed by atoms with Crippen LogP contribution in [0.1, 0.15) is 52.9 Å². The van der Waals surface area contributed by atoms with E-state index in [4.69, 9.17) is 0 Å². The zero-order valence-corrected chi connectivity index (χ0v) is 16.8.